The molecule has 1 N–H and O–H groups in total. The third kappa shape index (κ3) is 7.28. The highest BCUT2D eigenvalue weighted by molar-refractivity contribution is 7.84. The topological polar surface area (TPSA) is 63.6 Å². The average Bonchev–Trinajstić information content (AvgIpc) is 2.44. The van der Waals surface area contributed by atoms with Crippen molar-refractivity contribution in [1.82, 2.24) is 0 Å². The van der Waals surface area contributed by atoms with Crippen molar-refractivity contribution in [2.45, 2.75) is 32.6 Å². The quantitative estimate of drug-likeness (QED) is 0.674. The molecule has 0 amide bonds. The molecule has 0 spiro atoms. The summed E-state index contributed by atoms with van der Waals surface area (Å²) < 4.78 is 17.2. The van der Waals surface area contributed by atoms with Gasteiger partial charge in [-0.1, -0.05) is 19.1 Å². The number of hydrogen-bond donors (Lipinski definition) is 1. The summed E-state index contributed by atoms with van der Waals surface area (Å²) in [4.78, 5) is 10.3. The van der Waals surface area contributed by atoms with Crippen molar-refractivity contribution in [3.05, 3.63) is 29.8 Å². The Morgan fingerprint density at radius 3 is 2.45 bits per heavy atom. The first kappa shape index (κ1) is 16.7. The predicted octanol–water partition coefficient (Wildman–Crippen LogP) is 2.63. The Morgan fingerprint density at radius 1 is 1.20 bits per heavy atom. The second kappa shape index (κ2) is 9.53. The third-order valence-electron chi connectivity index (χ3n) is 2.88. The van der Waals surface area contributed by atoms with Gasteiger partial charge < -0.3 is 9.84 Å². The summed E-state index contributed by atoms with van der Waals surface area (Å²) in [5.74, 6) is 1.02. The minimum atomic E-state index is -0.943. The molecule has 0 fully saturated rings. The van der Waals surface area contributed by atoms with Crippen molar-refractivity contribution in [2.75, 3.05) is 18.1 Å². The van der Waals surface area contributed by atoms with Crippen LogP contribution in [0.25, 0.3) is 0 Å². The van der Waals surface area contributed by atoms with Crippen LogP contribution in [0.4, 0.5) is 0 Å². The first-order chi connectivity index (χ1) is 9.61. The standard InChI is InChI=1S/C15H22O4S/c1-2-13-6-8-14(9-7-13)19-10-4-12-20(18)11-3-5-15(16)17/h6-9H,2-5,10-12H2,1H3,(H,16,17). The SMILES string of the molecule is CCc1ccc(OCCCS(=O)CCCC(=O)O)cc1. The lowest BCUT2D eigenvalue weighted by molar-refractivity contribution is -0.137. The van der Waals surface area contributed by atoms with E-state index in [2.05, 4.69) is 6.92 Å². The molecule has 0 radical (unpaired) electrons. The summed E-state index contributed by atoms with van der Waals surface area (Å²) >= 11 is 0. The van der Waals surface area contributed by atoms with Crippen molar-refractivity contribution >= 4 is 16.8 Å². The Balaban J connectivity index is 2.11. The molecular formula is C15H22O4S. The van der Waals surface area contributed by atoms with Gasteiger partial charge in [-0.05, 0) is 37.0 Å². The fourth-order valence-electron chi connectivity index (χ4n) is 1.72. The van der Waals surface area contributed by atoms with Crippen LogP contribution in [0.5, 0.6) is 5.75 Å². The second-order valence-corrected chi connectivity index (χ2v) is 6.24. The number of benzene rings is 1. The molecule has 20 heavy (non-hydrogen) atoms. The molecule has 0 saturated heterocycles. The van der Waals surface area contributed by atoms with E-state index in [1.165, 1.54) is 5.56 Å². The molecule has 0 saturated carbocycles. The van der Waals surface area contributed by atoms with Gasteiger partial charge in [-0.2, -0.15) is 0 Å². The summed E-state index contributed by atoms with van der Waals surface area (Å²) in [6.45, 7) is 2.64. The number of carboxylic acids is 1. The lowest BCUT2D eigenvalue weighted by atomic mass is 10.2. The molecular weight excluding hydrogens is 276 g/mol. The van der Waals surface area contributed by atoms with Crippen molar-refractivity contribution in [2.24, 2.45) is 0 Å². The van der Waals surface area contributed by atoms with E-state index in [0.717, 1.165) is 18.6 Å². The van der Waals surface area contributed by atoms with Gasteiger partial charge in [-0.15, -0.1) is 0 Å². The molecule has 0 heterocycles. The Kier molecular flexibility index (Phi) is 7.95. The van der Waals surface area contributed by atoms with Gasteiger partial charge in [0.25, 0.3) is 0 Å². The number of ether oxygens (including phenoxy) is 1. The minimum Gasteiger partial charge on any atom is -0.494 e. The van der Waals surface area contributed by atoms with Crippen molar-refractivity contribution in [1.29, 1.82) is 0 Å². The van der Waals surface area contributed by atoms with E-state index in [1.807, 2.05) is 24.3 Å². The van der Waals surface area contributed by atoms with Gasteiger partial charge in [-0.25, -0.2) is 0 Å². The van der Waals surface area contributed by atoms with Crippen LogP contribution in [0.2, 0.25) is 0 Å². The van der Waals surface area contributed by atoms with E-state index in [0.29, 0.717) is 24.5 Å². The molecule has 1 unspecified atom stereocenters. The highest BCUT2D eigenvalue weighted by Gasteiger charge is 2.03. The fraction of sp³-hybridized carbons (Fsp3) is 0.533. The molecule has 0 aromatic heterocycles. The number of aryl methyl sites for hydroxylation is 1. The highest BCUT2D eigenvalue weighted by Crippen LogP contribution is 2.12. The number of rotatable bonds is 10. The Hall–Kier alpha value is -1.36. The summed E-state index contributed by atoms with van der Waals surface area (Å²) in [5, 5.41) is 8.48. The largest absolute Gasteiger partial charge is 0.494 e. The number of carboxylic acid groups (broad SMARTS) is 1. The van der Waals surface area contributed by atoms with Crippen molar-refractivity contribution in [3.63, 3.8) is 0 Å². The van der Waals surface area contributed by atoms with Crippen LogP contribution in [-0.2, 0) is 22.0 Å². The Morgan fingerprint density at radius 2 is 1.85 bits per heavy atom. The lowest BCUT2D eigenvalue weighted by Crippen LogP contribution is -2.08. The van der Waals surface area contributed by atoms with Gasteiger partial charge in [0.1, 0.15) is 5.75 Å². The summed E-state index contributed by atoms with van der Waals surface area (Å²) in [7, 11) is -0.943. The van der Waals surface area contributed by atoms with Crippen LogP contribution in [-0.4, -0.2) is 33.4 Å². The van der Waals surface area contributed by atoms with Crippen LogP contribution < -0.4 is 4.74 Å². The van der Waals surface area contributed by atoms with Crippen LogP contribution >= 0.6 is 0 Å². The van der Waals surface area contributed by atoms with E-state index < -0.39 is 16.8 Å². The zero-order valence-electron chi connectivity index (χ0n) is 11.8. The molecule has 1 aromatic carbocycles. The molecule has 0 aliphatic heterocycles. The number of carbonyl (C=O) groups is 1. The fourth-order valence-corrected chi connectivity index (χ4v) is 2.83. The van der Waals surface area contributed by atoms with Gasteiger partial charge in [-0.3, -0.25) is 9.00 Å². The monoisotopic (exact) mass is 298 g/mol. The highest BCUT2D eigenvalue weighted by atomic mass is 32.2. The predicted molar refractivity (Wildman–Crippen MR) is 80.7 cm³/mol. The van der Waals surface area contributed by atoms with Gasteiger partial charge in [0, 0.05) is 28.7 Å². The summed E-state index contributed by atoms with van der Waals surface area (Å²) in [6.07, 6.45) is 2.29. The zero-order valence-corrected chi connectivity index (χ0v) is 12.7. The molecule has 0 aliphatic rings. The molecule has 112 valence electrons. The van der Waals surface area contributed by atoms with Gasteiger partial charge in [0.2, 0.25) is 0 Å². The molecule has 1 aromatic rings. The van der Waals surface area contributed by atoms with E-state index in [1.54, 1.807) is 0 Å². The van der Waals surface area contributed by atoms with Gasteiger partial charge >= 0.3 is 5.97 Å². The Labute approximate surface area is 122 Å². The van der Waals surface area contributed by atoms with Crippen LogP contribution in [0, 0.1) is 0 Å². The van der Waals surface area contributed by atoms with E-state index in [-0.39, 0.29) is 6.42 Å². The molecule has 0 aliphatic carbocycles. The lowest BCUT2D eigenvalue weighted by Gasteiger charge is -2.06. The van der Waals surface area contributed by atoms with Crippen LogP contribution in [0.1, 0.15) is 31.7 Å². The Bertz CT molecular complexity index is 428. The number of hydrogen-bond acceptors (Lipinski definition) is 3. The molecule has 5 heteroatoms. The first-order valence-corrected chi connectivity index (χ1v) is 8.39. The maximum atomic E-state index is 11.6. The minimum absolute atomic E-state index is 0.0893. The number of aliphatic carboxylic acids is 1. The van der Waals surface area contributed by atoms with Gasteiger partial charge in [0.05, 0.1) is 6.61 Å². The molecule has 1 atom stereocenters. The van der Waals surface area contributed by atoms with E-state index in [4.69, 9.17) is 9.84 Å². The normalized spacial score (nSPS) is 12.1. The smallest absolute Gasteiger partial charge is 0.303 e. The van der Waals surface area contributed by atoms with Crippen molar-refractivity contribution < 1.29 is 18.8 Å². The van der Waals surface area contributed by atoms with Crippen LogP contribution in [0.3, 0.4) is 0 Å². The first-order valence-electron chi connectivity index (χ1n) is 6.90. The third-order valence-corrected chi connectivity index (χ3v) is 4.37. The maximum Gasteiger partial charge on any atom is 0.303 e. The average molecular weight is 298 g/mol. The molecule has 0 bridgehead atoms. The molecule has 1 rings (SSSR count). The second-order valence-electron chi connectivity index (χ2n) is 4.54. The molecule has 4 nitrogen and oxygen atoms in total. The van der Waals surface area contributed by atoms with Gasteiger partial charge in [0.15, 0.2) is 0 Å². The van der Waals surface area contributed by atoms with E-state index in [9.17, 15) is 9.00 Å². The zero-order chi connectivity index (χ0) is 14.8. The van der Waals surface area contributed by atoms with E-state index >= 15 is 0 Å². The van der Waals surface area contributed by atoms with Crippen LogP contribution in [0.15, 0.2) is 24.3 Å². The van der Waals surface area contributed by atoms with Crippen molar-refractivity contribution in [3.8, 4) is 5.75 Å². The maximum absolute atomic E-state index is 11.6. The summed E-state index contributed by atoms with van der Waals surface area (Å²) in [5.41, 5.74) is 1.27. The summed E-state index contributed by atoms with van der Waals surface area (Å²) in [6, 6.07) is 7.98.